The van der Waals surface area contributed by atoms with Gasteiger partial charge in [0.15, 0.2) is 0 Å². The van der Waals surface area contributed by atoms with E-state index in [2.05, 4.69) is 17.0 Å². The van der Waals surface area contributed by atoms with E-state index in [1.807, 2.05) is 18.2 Å². The number of carbonyl (C=O) groups is 1. The number of methoxy groups -OCH3 is 1. The summed E-state index contributed by atoms with van der Waals surface area (Å²) in [5.41, 5.74) is 1.72. The standard InChI is InChI=1S/C14H18N2O2/c1-18-14(17)12-10-16(8-7-13(12)15)9-11-5-3-2-4-6-11/h2-6,12,15H,7-10H2,1H3/t12-/m0/s1. The van der Waals surface area contributed by atoms with Gasteiger partial charge in [0.25, 0.3) is 0 Å². The highest BCUT2D eigenvalue weighted by Gasteiger charge is 2.30. The van der Waals surface area contributed by atoms with Crippen LogP contribution in [0.5, 0.6) is 0 Å². The van der Waals surface area contributed by atoms with Gasteiger partial charge in [-0.15, -0.1) is 0 Å². The summed E-state index contributed by atoms with van der Waals surface area (Å²) in [4.78, 5) is 13.8. The van der Waals surface area contributed by atoms with E-state index in [0.717, 1.165) is 13.1 Å². The Kier molecular flexibility index (Phi) is 4.10. The monoisotopic (exact) mass is 246 g/mol. The zero-order chi connectivity index (χ0) is 13.0. The van der Waals surface area contributed by atoms with Crippen molar-refractivity contribution >= 4 is 11.7 Å². The first-order chi connectivity index (χ1) is 8.70. The minimum atomic E-state index is -0.396. The van der Waals surface area contributed by atoms with E-state index < -0.39 is 5.92 Å². The Morgan fingerprint density at radius 3 is 2.83 bits per heavy atom. The van der Waals surface area contributed by atoms with Crippen LogP contribution in [0.1, 0.15) is 12.0 Å². The van der Waals surface area contributed by atoms with Gasteiger partial charge in [-0.1, -0.05) is 30.3 Å². The van der Waals surface area contributed by atoms with Crippen molar-refractivity contribution in [1.82, 2.24) is 4.90 Å². The van der Waals surface area contributed by atoms with Crippen LogP contribution in [0.2, 0.25) is 0 Å². The van der Waals surface area contributed by atoms with E-state index in [4.69, 9.17) is 10.1 Å². The Morgan fingerprint density at radius 1 is 1.44 bits per heavy atom. The van der Waals surface area contributed by atoms with Crippen molar-refractivity contribution in [3.05, 3.63) is 35.9 Å². The van der Waals surface area contributed by atoms with Crippen molar-refractivity contribution in [2.45, 2.75) is 13.0 Å². The van der Waals surface area contributed by atoms with Gasteiger partial charge in [-0.2, -0.15) is 0 Å². The molecule has 1 atom stereocenters. The number of rotatable bonds is 3. The summed E-state index contributed by atoms with van der Waals surface area (Å²) in [5.74, 6) is -0.690. The van der Waals surface area contributed by atoms with Crippen molar-refractivity contribution in [3.63, 3.8) is 0 Å². The lowest BCUT2D eigenvalue weighted by molar-refractivity contribution is -0.144. The van der Waals surface area contributed by atoms with Crippen LogP contribution in [0.15, 0.2) is 30.3 Å². The molecule has 0 amide bonds. The normalized spacial score (nSPS) is 20.7. The molecule has 0 spiro atoms. The van der Waals surface area contributed by atoms with Gasteiger partial charge in [0, 0.05) is 25.3 Å². The lowest BCUT2D eigenvalue weighted by Crippen LogP contribution is -2.43. The molecule has 96 valence electrons. The number of benzene rings is 1. The summed E-state index contributed by atoms with van der Waals surface area (Å²) in [6, 6.07) is 10.2. The number of likely N-dealkylation sites (tertiary alicyclic amines) is 1. The second kappa shape index (κ2) is 5.78. The van der Waals surface area contributed by atoms with Crippen LogP contribution in [-0.2, 0) is 16.1 Å². The second-order valence-electron chi connectivity index (χ2n) is 4.57. The highest BCUT2D eigenvalue weighted by atomic mass is 16.5. The van der Waals surface area contributed by atoms with Gasteiger partial charge >= 0.3 is 5.97 Å². The van der Waals surface area contributed by atoms with Crippen LogP contribution in [-0.4, -0.2) is 36.8 Å². The number of esters is 1. The molecule has 0 aliphatic carbocycles. The van der Waals surface area contributed by atoms with Gasteiger partial charge in [-0.25, -0.2) is 0 Å². The number of nitrogens with one attached hydrogen (secondary N) is 1. The van der Waals surface area contributed by atoms with Gasteiger partial charge in [-0.3, -0.25) is 9.69 Å². The lowest BCUT2D eigenvalue weighted by Gasteiger charge is -2.31. The van der Waals surface area contributed by atoms with Gasteiger partial charge in [0.1, 0.15) is 5.92 Å². The van der Waals surface area contributed by atoms with Crippen LogP contribution in [0.25, 0.3) is 0 Å². The highest BCUT2D eigenvalue weighted by Crippen LogP contribution is 2.17. The van der Waals surface area contributed by atoms with Crippen LogP contribution in [0, 0.1) is 11.3 Å². The maximum atomic E-state index is 11.6. The second-order valence-corrected chi connectivity index (χ2v) is 4.57. The quantitative estimate of drug-likeness (QED) is 0.826. The first kappa shape index (κ1) is 12.8. The van der Waals surface area contributed by atoms with Crippen molar-refractivity contribution in [3.8, 4) is 0 Å². The Bertz CT molecular complexity index is 423. The van der Waals surface area contributed by atoms with Gasteiger partial charge in [-0.05, 0) is 12.0 Å². The van der Waals surface area contributed by atoms with Crippen molar-refractivity contribution < 1.29 is 9.53 Å². The van der Waals surface area contributed by atoms with E-state index in [1.54, 1.807) is 0 Å². The van der Waals surface area contributed by atoms with Gasteiger partial charge in [0.2, 0.25) is 0 Å². The molecule has 0 aromatic heterocycles. The zero-order valence-corrected chi connectivity index (χ0v) is 10.6. The SMILES string of the molecule is COC(=O)[C@H]1CN(Cc2ccccc2)CCC1=N. The summed E-state index contributed by atoms with van der Waals surface area (Å²) >= 11 is 0. The smallest absolute Gasteiger partial charge is 0.315 e. The third kappa shape index (κ3) is 2.96. The number of hydrogen-bond donors (Lipinski definition) is 1. The first-order valence-corrected chi connectivity index (χ1v) is 6.12. The molecule has 4 heteroatoms. The summed E-state index contributed by atoms with van der Waals surface area (Å²) in [6.45, 7) is 2.24. The summed E-state index contributed by atoms with van der Waals surface area (Å²) in [7, 11) is 1.38. The van der Waals surface area contributed by atoms with E-state index >= 15 is 0 Å². The Labute approximate surface area is 107 Å². The number of ether oxygens (including phenoxy) is 1. The molecule has 1 aromatic carbocycles. The Hall–Kier alpha value is -1.68. The molecule has 1 aromatic rings. The molecule has 0 saturated carbocycles. The van der Waals surface area contributed by atoms with Gasteiger partial charge < -0.3 is 10.1 Å². The summed E-state index contributed by atoms with van der Waals surface area (Å²) in [5, 5.41) is 7.82. The Balaban J connectivity index is 1.99. The molecule has 0 bridgehead atoms. The molecule has 1 saturated heterocycles. The fourth-order valence-electron chi connectivity index (χ4n) is 2.26. The minimum Gasteiger partial charge on any atom is -0.468 e. The first-order valence-electron chi connectivity index (χ1n) is 6.12. The molecule has 4 nitrogen and oxygen atoms in total. The number of hydrogen-bond acceptors (Lipinski definition) is 4. The maximum Gasteiger partial charge on any atom is 0.315 e. The molecule has 0 radical (unpaired) electrons. The number of piperidine rings is 1. The Morgan fingerprint density at radius 2 is 2.17 bits per heavy atom. The maximum absolute atomic E-state index is 11.6. The van der Waals surface area contributed by atoms with Crippen LogP contribution in [0.4, 0.5) is 0 Å². The summed E-state index contributed by atoms with van der Waals surface area (Å²) < 4.78 is 4.75. The molecule has 1 N–H and O–H groups in total. The zero-order valence-electron chi connectivity index (χ0n) is 10.6. The molecule has 0 unspecified atom stereocenters. The number of carbonyl (C=O) groups excluding carboxylic acids is 1. The summed E-state index contributed by atoms with van der Waals surface area (Å²) in [6.07, 6.45) is 0.645. The van der Waals surface area contributed by atoms with E-state index in [-0.39, 0.29) is 5.97 Å². The molecule has 1 fully saturated rings. The van der Waals surface area contributed by atoms with Crippen LogP contribution >= 0.6 is 0 Å². The molecule has 18 heavy (non-hydrogen) atoms. The molecule has 2 rings (SSSR count). The third-order valence-corrected chi connectivity index (χ3v) is 3.29. The highest BCUT2D eigenvalue weighted by molar-refractivity contribution is 6.01. The van der Waals surface area contributed by atoms with Crippen molar-refractivity contribution in [2.24, 2.45) is 5.92 Å². The third-order valence-electron chi connectivity index (χ3n) is 3.29. The average Bonchev–Trinajstić information content (AvgIpc) is 2.41. The molecule has 1 heterocycles. The van der Waals surface area contributed by atoms with E-state index in [1.165, 1.54) is 12.7 Å². The van der Waals surface area contributed by atoms with Crippen molar-refractivity contribution in [2.75, 3.05) is 20.2 Å². The van der Waals surface area contributed by atoms with E-state index in [9.17, 15) is 4.79 Å². The van der Waals surface area contributed by atoms with Crippen molar-refractivity contribution in [1.29, 1.82) is 5.41 Å². The van der Waals surface area contributed by atoms with Crippen LogP contribution in [0.3, 0.4) is 0 Å². The minimum absolute atomic E-state index is 0.294. The van der Waals surface area contributed by atoms with E-state index in [0.29, 0.717) is 18.7 Å². The lowest BCUT2D eigenvalue weighted by atomic mass is 9.95. The topological polar surface area (TPSA) is 53.4 Å². The fraction of sp³-hybridized carbons (Fsp3) is 0.429. The molecule has 1 aliphatic rings. The largest absolute Gasteiger partial charge is 0.468 e. The molecule has 1 aliphatic heterocycles. The fourth-order valence-corrected chi connectivity index (χ4v) is 2.26. The average molecular weight is 246 g/mol. The number of nitrogens with zero attached hydrogens (tertiary/aromatic N) is 1. The predicted octanol–water partition coefficient (Wildman–Crippen LogP) is 1.70. The molecular formula is C14H18N2O2. The molecular weight excluding hydrogens is 228 g/mol. The van der Waals surface area contributed by atoms with Crippen LogP contribution < -0.4 is 0 Å². The van der Waals surface area contributed by atoms with Gasteiger partial charge in [0.05, 0.1) is 7.11 Å². The predicted molar refractivity (Wildman–Crippen MR) is 69.6 cm³/mol.